The van der Waals surface area contributed by atoms with Crippen molar-refractivity contribution in [1.29, 1.82) is 0 Å². The molecule has 3 rings (SSSR count). The van der Waals surface area contributed by atoms with Crippen molar-refractivity contribution in [3.8, 4) is 0 Å². The number of nitrogens with two attached hydrogens (primary N) is 1. The Morgan fingerprint density at radius 2 is 2.07 bits per heavy atom. The number of fused-ring (bicyclic) bond motifs is 1. The van der Waals surface area contributed by atoms with Crippen molar-refractivity contribution in [3.05, 3.63) is 18.2 Å². The first-order valence-electron chi connectivity index (χ1n) is 5.45. The molecule has 1 heterocycles. The molecule has 0 unspecified atom stereocenters. The van der Waals surface area contributed by atoms with E-state index in [1.807, 2.05) is 22.9 Å². The van der Waals surface area contributed by atoms with E-state index < -0.39 is 0 Å². The van der Waals surface area contributed by atoms with Crippen molar-refractivity contribution in [3.63, 3.8) is 0 Å². The topological polar surface area (TPSA) is 56.7 Å². The summed E-state index contributed by atoms with van der Waals surface area (Å²) in [6.45, 7) is 0. The molecule has 0 spiro atoms. The van der Waals surface area contributed by atoms with E-state index >= 15 is 0 Å². The third-order valence-electron chi connectivity index (χ3n) is 3.17. The molecule has 2 aromatic rings. The van der Waals surface area contributed by atoms with Crippen LogP contribution < -0.4 is 5.73 Å². The van der Waals surface area contributed by atoms with E-state index in [9.17, 15) is 0 Å². The summed E-state index contributed by atoms with van der Waals surface area (Å²) in [6, 6.07) is 6.30. The SMILES string of the molecule is Nc1ccc2nnn(C3CCCC3)c2c1. The van der Waals surface area contributed by atoms with Gasteiger partial charge in [-0.2, -0.15) is 0 Å². The van der Waals surface area contributed by atoms with Crippen molar-refractivity contribution >= 4 is 16.7 Å². The summed E-state index contributed by atoms with van der Waals surface area (Å²) in [6.07, 6.45) is 5.03. The van der Waals surface area contributed by atoms with Gasteiger partial charge in [-0.15, -0.1) is 5.10 Å². The number of anilines is 1. The third kappa shape index (κ3) is 1.37. The Balaban J connectivity index is 2.13. The largest absolute Gasteiger partial charge is 0.399 e. The Morgan fingerprint density at radius 1 is 1.27 bits per heavy atom. The maximum absolute atomic E-state index is 5.78. The Morgan fingerprint density at radius 3 is 2.87 bits per heavy atom. The summed E-state index contributed by atoms with van der Waals surface area (Å²) < 4.78 is 2.04. The summed E-state index contributed by atoms with van der Waals surface area (Å²) in [7, 11) is 0. The highest BCUT2D eigenvalue weighted by atomic mass is 15.4. The molecule has 4 heteroatoms. The number of nitrogen functional groups attached to an aromatic ring is 1. The number of hydrogen-bond acceptors (Lipinski definition) is 3. The molecule has 15 heavy (non-hydrogen) atoms. The van der Waals surface area contributed by atoms with E-state index in [-0.39, 0.29) is 0 Å². The van der Waals surface area contributed by atoms with Gasteiger partial charge in [0, 0.05) is 5.69 Å². The zero-order valence-electron chi connectivity index (χ0n) is 8.56. The van der Waals surface area contributed by atoms with Gasteiger partial charge in [0.1, 0.15) is 5.52 Å². The number of hydrogen-bond donors (Lipinski definition) is 1. The summed E-state index contributed by atoms with van der Waals surface area (Å²) >= 11 is 0. The molecule has 0 atom stereocenters. The highest BCUT2D eigenvalue weighted by Crippen LogP contribution is 2.31. The van der Waals surface area contributed by atoms with E-state index in [0.717, 1.165) is 16.7 Å². The van der Waals surface area contributed by atoms with Gasteiger partial charge >= 0.3 is 0 Å². The fourth-order valence-corrected chi connectivity index (χ4v) is 2.37. The lowest BCUT2D eigenvalue weighted by atomic mass is 10.2. The zero-order chi connectivity index (χ0) is 10.3. The first-order valence-corrected chi connectivity index (χ1v) is 5.45. The predicted octanol–water partition coefficient (Wildman–Crippen LogP) is 2.13. The second-order valence-corrected chi connectivity index (χ2v) is 4.22. The van der Waals surface area contributed by atoms with Crippen molar-refractivity contribution in [2.75, 3.05) is 5.73 Å². The van der Waals surface area contributed by atoms with Crippen LogP contribution in [0.4, 0.5) is 5.69 Å². The lowest BCUT2D eigenvalue weighted by Gasteiger charge is -2.09. The van der Waals surface area contributed by atoms with E-state index in [2.05, 4.69) is 10.3 Å². The van der Waals surface area contributed by atoms with Crippen LogP contribution in [0.3, 0.4) is 0 Å². The Bertz CT molecular complexity index is 482. The van der Waals surface area contributed by atoms with E-state index in [1.54, 1.807) is 0 Å². The van der Waals surface area contributed by atoms with Crippen LogP contribution in [0.5, 0.6) is 0 Å². The normalized spacial score (nSPS) is 17.6. The quantitative estimate of drug-likeness (QED) is 0.721. The van der Waals surface area contributed by atoms with Gasteiger partial charge in [0.2, 0.25) is 0 Å². The smallest absolute Gasteiger partial charge is 0.113 e. The van der Waals surface area contributed by atoms with Gasteiger partial charge in [0.05, 0.1) is 11.6 Å². The second-order valence-electron chi connectivity index (χ2n) is 4.22. The first-order chi connectivity index (χ1) is 7.34. The minimum absolute atomic E-state index is 0.525. The molecule has 0 amide bonds. The Hall–Kier alpha value is -1.58. The van der Waals surface area contributed by atoms with Crippen LogP contribution in [0.1, 0.15) is 31.7 Å². The van der Waals surface area contributed by atoms with E-state index in [1.165, 1.54) is 25.7 Å². The highest BCUT2D eigenvalue weighted by molar-refractivity contribution is 5.78. The first kappa shape index (κ1) is 8.71. The fourth-order valence-electron chi connectivity index (χ4n) is 2.37. The van der Waals surface area contributed by atoms with Crippen molar-refractivity contribution in [1.82, 2.24) is 15.0 Å². The number of rotatable bonds is 1. The number of benzene rings is 1. The minimum Gasteiger partial charge on any atom is -0.399 e. The standard InChI is InChI=1S/C11H14N4/c12-8-5-6-10-11(7-8)15(14-13-10)9-3-1-2-4-9/h5-7,9H,1-4,12H2. The predicted molar refractivity (Wildman–Crippen MR) is 59.4 cm³/mol. The van der Waals surface area contributed by atoms with Crippen LogP contribution in [0.15, 0.2) is 18.2 Å². The number of aromatic nitrogens is 3. The average Bonchev–Trinajstić information content (AvgIpc) is 2.83. The molecule has 1 saturated carbocycles. The molecular weight excluding hydrogens is 188 g/mol. The van der Waals surface area contributed by atoms with Crippen LogP contribution in [0.2, 0.25) is 0 Å². The molecule has 0 bridgehead atoms. The monoisotopic (exact) mass is 202 g/mol. The molecule has 4 nitrogen and oxygen atoms in total. The Kier molecular flexibility index (Phi) is 1.87. The van der Waals surface area contributed by atoms with Crippen LogP contribution in [0.25, 0.3) is 11.0 Å². The van der Waals surface area contributed by atoms with E-state index in [4.69, 9.17) is 5.73 Å². The lowest BCUT2D eigenvalue weighted by molar-refractivity contribution is 0.467. The number of nitrogens with zero attached hydrogens (tertiary/aromatic N) is 3. The molecule has 78 valence electrons. The van der Waals surface area contributed by atoms with Crippen LogP contribution >= 0.6 is 0 Å². The zero-order valence-corrected chi connectivity index (χ0v) is 8.56. The molecule has 1 fully saturated rings. The maximum atomic E-state index is 5.78. The summed E-state index contributed by atoms with van der Waals surface area (Å²) in [5, 5.41) is 8.39. The van der Waals surface area contributed by atoms with Gasteiger partial charge in [0.25, 0.3) is 0 Å². The molecule has 0 saturated heterocycles. The molecule has 1 aliphatic carbocycles. The second kappa shape index (κ2) is 3.22. The van der Waals surface area contributed by atoms with Gasteiger partial charge in [-0.1, -0.05) is 18.1 Å². The molecule has 0 radical (unpaired) electrons. The van der Waals surface area contributed by atoms with Gasteiger partial charge in [-0.05, 0) is 31.0 Å². The van der Waals surface area contributed by atoms with Crippen LogP contribution in [-0.4, -0.2) is 15.0 Å². The molecule has 1 aromatic carbocycles. The Labute approximate surface area is 88.1 Å². The summed E-state index contributed by atoms with van der Waals surface area (Å²) in [5.41, 5.74) is 8.58. The molecule has 2 N–H and O–H groups in total. The van der Waals surface area contributed by atoms with Crippen molar-refractivity contribution in [2.45, 2.75) is 31.7 Å². The van der Waals surface area contributed by atoms with Crippen LogP contribution in [0, 0.1) is 0 Å². The van der Waals surface area contributed by atoms with Gasteiger partial charge < -0.3 is 5.73 Å². The highest BCUT2D eigenvalue weighted by Gasteiger charge is 2.19. The molecule has 1 aliphatic rings. The third-order valence-corrected chi connectivity index (χ3v) is 3.17. The maximum Gasteiger partial charge on any atom is 0.113 e. The lowest BCUT2D eigenvalue weighted by Crippen LogP contribution is -2.06. The molecule has 0 aliphatic heterocycles. The van der Waals surface area contributed by atoms with Gasteiger partial charge in [-0.25, -0.2) is 4.68 Å². The minimum atomic E-state index is 0.525. The van der Waals surface area contributed by atoms with E-state index in [0.29, 0.717) is 6.04 Å². The van der Waals surface area contributed by atoms with Crippen molar-refractivity contribution in [2.24, 2.45) is 0 Å². The van der Waals surface area contributed by atoms with Crippen molar-refractivity contribution < 1.29 is 0 Å². The molecule has 1 aromatic heterocycles. The average molecular weight is 202 g/mol. The summed E-state index contributed by atoms with van der Waals surface area (Å²) in [4.78, 5) is 0. The molecular formula is C11H14N4. The summed E-state index contributed by atoms with van der Waals surface area (Å²) in [5.74, 6) is 0. The van der Waals surface area contributed by atoms with Crippen LogP contribution in [-0.2, 0) is 0 Å². The fraction of sp³-hybridized carbons (Fsp3) is 0.455. The van der Waals surface area contributed by atoms with Gasteiger partial charge in [-0.3, -0.25) is 0 Å². The van der Waals surface area contributed by atoms with Gasteiger partial charge in [0.15, 0.2) is 0 Å².